The van der Waals surface area contributed by atoms with Crippen molar-refractivity contribution in [2.75, 3.05) is 39.4 Å². The van der Waals surface area contributed by atoms with E-state index >= 15 is 0 Å². The summed E-state index contributed by atoms with van der Waals surface area (Å²) < 4.78 is 39.4. The Labute approximate surface area is 178 Å². The van der Waals surface area contributed by atoms with Gasteiger partial charge in [0.1, 0.15) is 0 Å². The number of aromatic nitrogens is 2. The first-order valence-electron chi connectivity index (χ1n) is 10.6. The standard InChI is InChI=1S/C18H28N4O2.C2HF3O2/c23-18-2-1-7-21(18)12-16-11-20(10-15-4-8-24-9-5-15)14-17-3-6-19-22(17)13-16;3-2(4,5)1(6)7/h3,6,15-16H,1-2,4-5,7-14H2;(H,6,7). The van der Waals surface area contributed by atoms with E-state index in [0.717, 1.165) is 71.2 Å². The summed E-state index contributed by atoms with van der Waals surface area (Å²) in [6, 6.07) is 2.14. The van der Waals surface area contributed by atoms with Crippen molar-refractivity contribution < 1.29 is 32.6 Å². The fraction of sp³-hybridized carbons (Fsp3) is 0.750. The number of fused-ring (bicyclic) bond motifs is 1. The molecule has 31 heavy (non-hydrogen) atoms. The van der Waals surface area contributed by atoms with Crippen LogP contribution < -0.4 is 0 Å². The molecule has 2 saturated heterocycles. The largest absolute Gasteiger partial charge is 0.490 e. The summed E-state index contributed by atoms with van der Waals surface area (Å²) in [5.41, 5.74) is 1.30. The third-order valence-electron chi connectivity index (χ3n) is 5.89. The van der Waals surface area contributed by atoms with Crippen LogP contribution in [0, 0.1) is 11.8 Å². The van der Waals surface area contributed by atoms with Gasteiger partial charge >= 0.3 is 12.1 Å². The molecule has 0 radical (unpaired) electrons. The van der Waals surface area contributed by atoms with E-state index in [4.69, 9.17) is 14.6 Å². The van der Waals surface area contributed by atoms with Gasteiger partial charge in [0.05, 0.1) is 5.69 Å². The van der Waals surface area contributed by atoms with Gasteiger partial charge in [-0.2, -0.15) is 18.3 Å². The van der Waals surface area contributed by atoms with E-state index < -0.39 is 12.1 Å². The Morgan fingerprint density at radius 1 is 1.19 bits per heavy atom. The van der Waals surface area contributed by atoms with Crippen molar-refractivity contribution in [3.63, 3.8) is 0 Å². The average molecular weight is 446 g/mol. The van der Waals surface area contributed by atoms with Crippen LogP contribution in [0.2, 0.25) is 0 Å². The first-order valence-corrected chi connectivity index (χ1v) is 10.6. The maximum absolute atomic E-state index is 12.0. The summed E-state index contributed by atoms with van der Waals surface area (Å²) in [4.78, 5) is 25.5. The second-order valence-electron chi connectivity index (χ2n) is 8.37. The number of carboxylic acids is 1. The maximum Gasteiger partial charge on any atom is 0.490 e. The number of carboxylic acid groups (broad SMARTS) is 1. The lowest BCUT2D eigenvalue weighted by Crippen LogP contribution is -2.39. The number of halogens is 3. The van der Waals surface area contributed by atoms with Crippen molar-refractivity contribution in [2.24, 2.45) is 11.8 Å². The number of nitrogens with zero attached hydrogens (tertiary/aromatic N) is 4. The molecule has 0 spiro atoms. The zero-order chi connectivity index (χ0) is 22.4. The summed E-state index contributed by atoms with van der Waals surface area (Å²) in [5, 5.41) is 11.6. The minimum Gasteiger partial charge on any atom is -0.475 e. The molecule has 0 saturated carbocycles. The molecule has 1 unspecified atom stereocenters. The Balaban J connectivity index is 0.000000339. The number of aliphatic carboxylic acids is 1. The van der Waals surface area contributed by atoms with E-state index in [9.17, 15) is 18.0 Å². The van der Waals surface area contributed by atoms with Crippen LogP contribution in [0.3, 0.4) is 0 Å². The molecule has 0 bridgehead atoms. The van der Waals surface area contributed by atoms with E-state index in [2.05, 4.69) is 25.6 Å². The van der Waals surface area contributed by atoms with Crippen LogP contribution in [-0.4, -0.2) is 82.1 Å². The highest BCUT2D eigenvalue weighted by Crippen LogP contribution is 2.23. The van der Waals surface area contributed by atoms with Gasteiger partial charge in [-0.15, -0.1) is 0 Å². The van der Waals surface area contributed by atoms with Crippen molar-refractivity contribution >= 4 is 11.9 Å². The molecule has 2 fully saturated rings. The van der Waals surface area contributed by atoms with E-state index in [-0.39, 0.29) is 0 Å². The van der Waals surface area contributed by atoms with Crippen molar-refractivity contribution in [3.8, 4) is 0 Å². The molecular weight excluding hydrogens is 417 g/mol. The molecule has 174 valence electrons. The second kappa shape index (κ2) is 10.4. The predicted molar refractivity (Wildman–Crippen MR) is 104 cm³/mol. The second-order valence-corrected chi connectivity index (χ2v) is 8.37. The summed E-state index contributed by atoms with van der Waals surface area (Å²) in [6.45, 7) is 7.72. The number of carbonyl (C=O) groups is 2. The molecular formula is C20H29F3N4O4. The van der Waals surface area contributed by atoms with Crippen molar-refractivity contribution in [3.05, 3.63) is 18.0 Å². The zero-order valence-corrected chi connectivity index (χ0v) is 17.4. The fourth-order valence-electron chi connectivity index (χ4n) is 4.38. The molecule has 3 aliphatic heterocycles. The lowest BCUT2D eigenvalue weighted by Gasteiger charge is -2.31. The third-order valence-corrected chi connectivity index (χ3v) is 5.89. The minimum absolute atomic E-state index is 0.330. The van der Waals surface area contributed by atoms with Gasteiger partial charge in [-0.3, -0.25) is 14.4 Å². The number of alkyl halides is 3. The van der Waals surface area contributed by atoms with Gasteiger partial charge in [0.15, 0.2) is 0 Å². The molecule has 4 heterocycles. The molecule has 1 atom stereocenters. The summed E-state index contributed by atoms with van der Waals surface area (Å²) in [6.07, 6.45) is 0.914. The van der Waals surface area contributed by atoms with Gasteiger partial charge in [-0.1, -0.05) is 0 Å². The van der Waals surface area contributed by atoms with Gasteiger partial charge in [0.25, 0.3) is 0 Å². The molecule has 11 heteroatoms. The number of carbonyl (C=O) groups excluding carboxylic acids is 1. The van der Waals surface area contributed by atoms with Crippen LogP contribution in [0.5, 0.6) is 0 Å². The van der Waals surface area contributed by atoms with Crippen molar-refractivity contribution in [1.82, 2.24) is 19.6 Å². The van der Waals surface area contributed by atoms with Crippen LogP contribution in [-0.2, 0) is 27.4 Å². The summed E-state index contributed by atoms with van der Waals surface area (Å²) in [7, 11) is 0. The molecule has 0 aromatic carbocycles. The molecule has 4 rings (SSSR count). The average Bonchev–Trinajstić information content (AvgIpc) is 3.27. The van der Waals surface area contributed by atoms with E-state index in [1.807, 2.05) is 6.20 Å². The Morgan fingerprint density at radius 2 is 1.90 bits per heavy atom. The van der Waals surface area contributed by atoms with Gasteiger partial charge in [0.2, 0.25) is 5.91 Å². The Bertz CT molecular complexity index is 749. The maximum atomic E-state index is 12.0. The van der Waals surface area contributed by atoms with Crippen LogP contribution in [0.1, 0.15) is 31.4 Å². The number of rotatable bonds is 4. The van der Waals surface area contributed by atoms with Crippen LogP contribution in [0.4, 0.5) is 13.2 Å². The van der Waals surface area contributed by atoms with Gasteiger partial charge < -0.3 is 14.7 Å². The molecule has 1 aromatic heterocycles. The number of ether oxygens (including phenoxy) is 1. The minimum atomic E-state index is -5.08. The van der Waals surface area contributed by atoms with Crippen LogP contribution in [0.15, 0.2) is 12.3 Å². The highest BCUT2D eigenvalue weighted by molar-refractivity contribution is 5.78. The molecule has 1 amide bonds. The molecule has 8 nitrogen and oxygen atoms in total. The highest BCUT2D eigenvalue weighted by atomic mass is 19.4. The highest BCUT2D eigenvalue weighted by Gasteiger charge is 2.38. The number of amides is 1. The van der Waals surface area contributed by atoms with Gasteiger partial charge in [0, 0.05) is 71.0 Å². The quantitative estimate of drug-likeness (QED) is 0.761. The molecule has 0 aliphatic carbocycles. The van der Waals surface area contributed by atoms with Crippen molar-refractivity contribution in [1.29, 1.82) is 0 Å². The SMILES string of the molecule is O=C(O)C(F)(F)F.O=C1CCCN1CC1CN(CC2CCOCC2)Cc2ccnn2C1. The molecule has 3 aliphatic rings. The Kier molecular flexibility index (Phi) is 7.93. The summed E-state index contributed by atoms with van der Waals surface area (Å²) >= 11 is 0. The topological polar surface area (TPSA) is 87.9 Å². The third kappa shape index (κ3) is 6.93. The Hall–Kier alpha value is -2.14. The number of hydrogen-bond donors (Lipinski definition) is 1. The molecule has 1 aromatic rings. The Morgan fingerprint density at radius 3 is 2.52 bits per heavy atom. The monoisotopic (exact) mass is 446 g/mol. The first kappa shape index (κ1) is 23.5. The predicted octanol–water partition coefficient (Wildman–Crippen LogP) is 2.00. The molecule has 1 N–H and O–H groups in total. The summed E-state index contributed by atoms with van der Waals surface area (Å²) in [5.74, 6) is -1.22. The lowest BCUT2D eigenvalue weighted by atomic mass is 9.99. The van der Waals surface area contributed by atoms with Crippen LogP contribution >= 0.6 is 0 Å². The van der Waals surface area contributed by atoms with Crippen molar-refractivity contribution in [2.45, 2.75) is 44.9 Å². The smallest absolute Gasteiger partial charge is 0.475 e. The number of hydrogen-bond acceptors (Lipinski definition) is 5. The zero-order valence-electron chi connectivity index (χ0n) is 17.4. The van der Waals surface area contributed by atoms with Gasteiger partial charge in [-0.25, -0.2) is 4.79 Å². The number of likely N-dealkylation sites (tertiary alicyclic amines) is 1. The van der Waals surface area contributed by atoms with Gasteiger partial charge in [-0.05, 0) is 31.2 Å². The fourth-order valence-corrected chi connectivity index (χ4v) is 4.38. The van der Waals surface area contributed by atoms with E-state index in [1.165, 1.54) is 18.5 Å². The van der Waals surface area contributed by atoms with E-state index in [0.29, 0.717) is 11.8 Å². The lowest BCUT2D eigenvalue weighted by molar-refractivity contribution is -0.192. The first-order chi connectivity index (χ1) is 14.7. The normalized spacial score (nSPS) is 23.1. The van der Waals surface area contributed by atoms with Crippen LogP contribution in [0.25, 0.3) is 0 Å². The van der Waals surface area contributed by atoms with E-state index in [1.54, 1.807) is 0 Å².